The highest BCUT2D eigenvalue weighted by Gasteiger charge is 2.06. The van der Waals surface area contributed by atoms with E-state index < -0.39 is 0 Å². The average molecular weight is 294 g/mol. The maximum Gasteiger partial charge on any atom is 0.227 e. The van der Waals surface area contributed by atoms with E-state index >= 15 is 0 Å². The summed E-state index contributed by atoms with van der Waals surface area (Å²) in [6, 6.07) is 7.61. The number of anilines is 2. The monoisotopic (exact) mass is 294 g/mol. The van der Waals surface area contributed by atoms with Gasteiger partial charge in [-0.2, -0.15) is 0 Å². The third-order valence-corrected chi connectivity index (χ3v) is 4.02. The van der Waals surface area contributed by atoms with Gasteiger partial charge in [-0.25, -0.2) is 0 Å². The molecule has 0 fully saturated rings. The van der Waals surface area contributed by atoms with Crippen molar-refractivity contribution in [2.24, 2.45) is 0 Å². The molecule has 0 aliphatic heterocycles. The number of carbonyl (C=O) groups is 1. The third kappa shape index (κ3) is 4.53. The largest absolute Gasteiger partial charge is 0.399 e. The van der Waals surface area contributed by atoms with Gasteiger partial charge in [-0.1, -0.05) is 11.3 Å². The first kappa shape index (κ1) is 13.8. The van der Waals surface area contributed by atoms with Gasteiger partial charge in [-0.15, -0.1) is 22.0 Å². The molecule has 0 spiro atoms. The molecule has 19 heavy (non-hydrogen) atoms. The molecular formula is C12H14N4OS2. The zero-order valence-electron chi connectivity index (χ0n) is 10.4. The van der Waals surface area contributed by atoms with Crippen LogP contribution in [0.25, 0.3) is 0 Å². The number of thioether (sulfide) groups is 1. The molecule has 2 rings (SSSR count). The third-order valence-electron chi connectivity index (χ3n) is 2.25. The Hall–Kier alpha value is -1.60. The molecule has 1 aromatic carbocycles. The summed E-state index contributed by atoms with van der Waals surface area (Å²) < 4.78 is 0. The van der Waals surface area contributed by atoms with E-state index in [1.165, 1.54) is 11.3 Å². The number of amides is 1. The van der Waals surface area contributed by atoms with E-state index in [0.29, 0.717) is 17.3 Å². The van der Waals surface area contributed by atoms with Crippen LogP contribution in [0.3, 0.4) is 0 Å². The molecule has 2 aromatic rings. The summed E-state index contributed by atoms with van der Waals surface area (Å²) in [6.07, 6.45) is 0.438. The van der Waals surface area contributed by atoms with Gasteiger partial charge in [0, 0.05) is 22.8 Å². The lowest BCUT2D eigenvalue weighted by atomic mass is 10.3. The maximum absolute atomic E-state index is 11.7. The van der Waals surface area contributed by atoms with Gasteiger partial charge >= 0.3 is 0 Å². The molecule has 0 bridgehead atoms. The number of nitrogen functional groups attached to an aromatic ring is 1. The highest BCUT2D eigenvalue weighted by atomic mass is 32.2. The Labute approximate surface area is 119 Å². The van der Waals surface area contributed by atoms with Crippen LogP contribution in [0.15, 0.2) is 29.2 Å². The minimum Gasteiger partial charge on any atom is -0.399 e. The Bertz CT molecular complexity index is 553. The normalized spacial score (nSPS) is 10.4. The van der Waals surface area contributed by atoms with E-state index in [-0.39, 0.29) is 5.91 Å². The van der Waals surface area contributed by atoms with E-state index in [9.17, 15) is 4.79 Å². The van der Waals surface area contributed by atoms with E-state index in [2.05, 4.69) is 15.5 Å². The summed E-state index contributed by atoms with van der Waals surface area (Å²) >= 11 is 3.00. The zero-order valence-corrected chi connectivity index (χ0v) is 12.1. The van der Waals surface area contributed by atoms with Crippen molar-refractivity contribution in [1.82, 2.24) is 10.2 Å². The van der Waals surface area contributed by atoms with Gasteiger partial charge in [0.1, 0.15) is 5.01 Å². The number of rotatable bonds is 5. The Balaban J connectivity index is 1.73. The number of hydrogen-bond donors (Lipinski definition) is 2. The predicted molar refractivity (Wildman–Crippen MR) is 79.5 cm³/mol. The minimum atomic E-state index is -0.0425. The van der Waals surface area contributed by atoms with Gasteiger partial charge in [0.15, 0.2) is 0 Å². The van der Waals surface area contributed by atoms with Crippen molar-refractivity contribution in [2.45, 2.75) is 18.2 Å². The lowest BCUT2D eigenvalue weighted by molar-refractivity contribution is -0.115. The van der Waals surface area contributed by atoms with E-state index in [4.69, 9.17) is 5.73 Å². The molecule has 1 aromatic heterocycles. The molecule has 1 amide bonds. The molecule has 3 N–H and O–H groups in total. The van der Waals surface area contributed by atoms with Crippen LogP contribution in [0.4, 0.5) is 10.8 Å². The first-order chi connectivity index (χ1) is 9.13. The number of aromatic nitrogens is 2. The highest BCUT2D eigenvalue weighted by molar-refractivity contribution is 7.99. The summed E-state index contributed by atoms with van der Waals surface area (Å²) in [4.78, 5) is 12.8. The van der Waals surface area contributed by atoms with E-state index in [1.807, 2.05) is 31.2 Å². The first-order valence-electron chi connectivity index (χ1n) is 5.72. The Morgan fingerprint density at radius 3 is 2.74 bits per heavy atom. The number of benzene rings is 1. The van der Waals surface area contributed by atoms with Crippen molar-refractivity contribution in [3.05, 3.63) is 29.3 Å². The van der Waals surface area contributed by atoms with Gasteiger partial charge in [-0.05, 0) is 31.2 Å². The Kier molecular flexibility index (Phi) is 4.75. The SMILES string of the molecule is Cc1nnc(NC(=O)CCSc2ccc(N)cc2)s1. The van der Waals surface area contributed by atoms with Crippen molar-refractivity contribution in [3.8, 4) is 0 Å². The van der Waals surface area contributed by atoms with Gasteiger partial charge in [-0.3, -0.25) is 4.79 Å². The second-order valence-electron chi connectivity index (χ2n) is 3.84. The zero-order chi connectivity index (χ0) is 13.7. The van der Waals surface area contributed by atoms with Crippen molar-refractivity contribution >= 4 is 39.8 Å². The number of aryl methyl sites for hydroxylation is 1. The molecular weight excluding hydrogens is 280 g/mol. The van der Waals surface area contributed by atoms with Gasteiger partial charge in [0.05, 0.1) is 0 Å². The number of nitrogens with one attached hydrogen (secondary N) is 1. The second kappa shape index (κ2) is 6.53. The van der Waals surface area contributed by atoms with Gasteiger partial charge in [0.25, 0.3) is 0 Å². The fourth-order valence-corrected chi connectivity index (χ4v) is 2.81. The first-order valence-corrected chi connectivity index (χ1v) is 7.52. The minimum absolute atomic E-state index is 0.0425. The lowest BCUT2D eigenvalue weighted by Crippen LogP contribution is -2.11. The molecule has 0 saturated carbocycles. The molecule has 0 radical (unpaired) electrons. The van der Waals surface area contributed by atoms with Crippen molar-refractivity contribution < 1.29 is 4.79 Å². The summed E-state index contributed by atoms with van der Waals surface area (Å²) in [6.45, 7) is 1.85. The average Bonchev–Trinajstić information content (AvgIpc) is 2.77. The molecule has 1 heterocycles. The number of nitrogens with zero attached hydrogens (tertiary/aromatic N) is 2. The number of nitrogens with two attached hydrogens (primary N) is 1. The summed E-state index contributed by atoms with van der Waals surface area (Å²) in [5.41, 5.74) is 6.35. The van der Waals surface area contributed by atoms with Crippen LogP contribution in [0.2, 0.25) is 0 Å². The molecule has 0 unspecified atom stereocenters. The topological polar surface area (TPSA) is 80.9 Å². The van der Waals surface area contributed by atoms with Crippen molar-refractivity contribution in [3.63, 3.8) is 0 Å². The highest BCUT2D eigenvalue weighted by Crippen LogP contribution is 2.20. The predicted octanol–water partition coefficient (Wildman–Crippen LogP) is 2.55. The number of carbonyl (C=O) groups excluding carboxylic acids is 1. The van der Waals surface area contributed by atoms with Gasteiger partial charge in [0.2, 0.25) is 11.0 Å². The van der Waals surface area contributed by atoms with Crippen LogP contribution in [0.1, 0.15) is 11.4 Å². The smallest absolute Gasteiger partial charge is 0.227 e. The molecule has 0 atom stereocenters. The van der Waals surface area contributed by atoms with Crippen molar-refractivity contribution in [1.29, 1.82) is 0 Å². The Morgan fingerprint density at radius 2 is 2.11 bits per heavy atom. The molecule has 7 heteroatoms. The van der Waals surface area contributed by atoms with Gasteiger partial charge < -0.3 is 11.1 Å². The maximum atomic E-state index is 11.7. The summed E-state index contributed by atoms with van der Waals surface area (Å²) in [7, 11) is 0. The van der Waals surface area contributed by atoms with E-state index in [1.54, 1.807) is 11.8 Å². The standard InChI is InChI=1S/C12H14N4OS2/c1-8-15-16-12(19-8)14-11(17)6-7-18-10-4-2-9(13)3-5-10/h2-5H,6-7,13H2,1H3,(H,14,16,17). The van der Waals surface area contributed by atoms with Crippen LogP contribution in [0, 0.1) is 6.92 Å². The van der Waals surface area contributed by atoms with E-state index in [0.717, 1.165) is 15.6 Å². The fourth-order valence-electron chi connectivity index (χ4n) is 1.35. The molecule has 5 nitrogen and oxygen atoms in total. The van der Waals surface area contributed by atoms with Crippen LogP contribution in [-0.2, 0) is 4.79 Å². The van der Waals surface area contributed by atoms with Crippen LogP contribution < -0.4 is 11.1 Å². The summed E-state index contributed by atoms with van der Waals surface area (Å²) in [5.74, 6) is 0.673. The molecule has 0 aliphatic rings. The van der Waals surface area contributed by atoms with Crippen LogP contribution >= 0.6 is 23.1 Å². The second-order valence-corrected chi connectivity index (χ2v) is 6.19. The molecule has 0 aliphatic carbocycles. The fraction of sp³-hybridized carbons (Fsp3) is 0.250. The quantitative estimate of drug-likeness (QED) is 0.654. The van der Waals surface area contributed by atoms with Crippen LogP contribution in [-0.4, -0.2) is 21.9 Å². The lowest BCUT2D eigenvalue weighted by Gasteiger charge is -2.02. The Morgan fingerprint density at radius 1 is 1.37 bits per heavy atom. The summed E-state index contributed by atoms with van der Waals surface area (Å²) in [5, 5.41) is 11.8. The number of hydrogen-bond acceptors (Lipinski definition) is 6. The van der Waals surface area contributed by atoms with Crippen LogP contribution in [0.5, 0.6) is 0 Å². The van der Waals surface area contributed by atoms with Crippen molar-refractivity contribution in [2.75, 3.05) is 16.8 Å². The molecule has 0 saturated heterocycles. The molecule has 100 valence electrons.